The zero-order chi connectivity index (χ0) is 10.8. The topological polar surface area (TPSA) is 35.9 Å². The largest absolute Gasteiger partial charge is 0.396 e. The van der Waals surface area contributed by atoms with Crippen molar-refractivity contribution < 1.29 is 9.84 Å². The van der Waals surface area contributed by atoms with Gasteiger partial charge in [0.05, 0.1) is 6.61 Å². The molecule has 0 aromatic heterocycles. The lowest BCUT2D eigenvalue weighted by atomic mass is 10.5. The highest BCUT2D eigenvalue weighted by atomic mass is 16.5. The summed E-state index contributed by atoms with van der Waals surface area (Å²) in [6.45, 7) is 4.74. The molecule has 0 radical (unpaired) electrons. The van der Waals surface area contributed by atoms with Crippen molar-refractivity contribution in [2.45, 2.75) is 6.42 Å². The Bertz CT molecular complexity index is 121. The molecule has 1 N–H and O–H groups in total. The van der Waals surface area contributed by atoms with Gasteiger partial charge >= 0.3 is 0 Å². The van der Waals surface area contributed by atoms with Crippen LogP contribution in [0.4, 0.5) is 0 Å². The lowest BCUT2D eigenvalue weighted by molar-refractivity contribution is 0.0964. The van der Waals surface area contributed by atoms with Gasteiger partial charge < -0.3 is 19.6 Å². The van der Waals surface area contributed by atoms with Gasteiger partial charge in [-0.25, -0.2) is 0 Å². The van der Waals surface area contributed by atoms with Gasteiger partial charge in [-0.3, -0.25) is 0 Å². The maximum atomic E-state index is 8.52. The van der Waals surface area contributed by atoms with Crippen molar-refractivity contribution in [1.82, 2.24) is 9.80 Å². The van der Waals surface area contributed by atoms with Crippen molar-refractivity contribution in [3.63, 3.8) is 0 Å². The van der Waals surface area contributed by atoms with Gasteiger partial charge in [0.2, 0.25) is 0 Å². The Labute approximate surface area is 87.5 Å². The van der Waals surface area contributed by atoms with Crippen LogP contribution in [-0.4, -0.2) is 75.5 Å². The molecule has 0 saturated heterocycles. The molecule has 0 saturated carbocycles. The summed E-state index contributed by atoms with van der Waals surface area (Å²) in [7, 11) is 6.25. The minimum Gasteiger partial charge on any atom is -0.396 e. The fraction of sp³-hybridized carbons (Fsp3) is 1.00. The van der Waals surface area contributed by atoms with Gasteiger partial charge in [0.25, 0.3) is 0 Å². The number of aliphatic hydroxyl groups is 1. The number of hydrogen-bond acceptors (Lipinski definition) is 4. The number of nitrogens with zero attached hydrogens (tertiary/aromatic N) is 2. The molecule has 0 aromatic carbocycles. The van der Waals surface area contributed by atoms with Crippen LogP contribution in [-0.2, 0) is 4.74 Å². The van der Waals surface area contributed by atoms with E-state index in [4.69, 9.17) is 9.84 Å². The summed E-state index contributed by atoms with van der Waals surface area (Å²) in [6.07, 6.45) is 0.738. The summed E-state index contributed by atoms with van der Waals surface area (Å²) in [5, 5.41) is 8.52. The summed E-state index contributed by atoms with van der Waals surface area (Å²) >= 11 is 0. The van der Waals surface area contributed by atoms with Crippen molar-refractivity contribution >= 4 is 0 Å². The van der Waals surface area contributed by atoms with E-state index in [1.165, 1.54) is 0 Å². The summed E-state index contributed by atoms with van der Waals surface area (Å²) in [6, 6.07) is 0. The van der Waals surface area contributed by atoms with E-state index in [9.17, 15) is 0 Å². The Hall–Kier alpha value is -0.160. The van der Waals surface area contributed by atoms with Crippen LogP contribution in [0.2, 0.25) is 0 Å². The monoisotopic (exact) mass is 204 g/mol. The molecule has 0 aromatic rings. The van der Waals surface area contributed by atoms with Crippen LogP contribution in [0, 0.1) is 0 Å². The predicted molar refractivity (Wildman–Crippen MR) is 58.6 cm³/mol. The molecule has 0 heterocycles. The Morgan fingerprint density at radius 2 is 1.71 bits per heavy atom. The van der Waals surface area contributed by atoms with E-state index in [1.54, 1.807) is 0 Å². The van der Waals surface area contributed by atoms with Crippen LogP contribution in [0.15, 0.2) is 0 Å². The molecule has 0 rings (SSSR count). The van der Waals surface area contributed by atoms with Gasteiger partial charge in [0.1, 0.15) is 0 Å². The van der Waals surface area contributed by atoms with E-state index in [0.29, 0.717) is 6.61 Å². The maximum Gasteiger partial charge on any atom is 0.0593 e. The van der Waals surface area contributed by atoms with Crippen molar-refractivity contribution in [2.75, 3.05) is 60.6 Å². The first-order valence-corrected chi connectivity index (χ1v) is 5.18. The number of likely N-dealkylation sites (N-methyl/N-ethyl adjacent to an activating group) is 2. The van der Waals surface area contributed by atoms with Gasteiger partial charge in [-0.1, -0.05) is 0 Å². The summed E-state index contributed by atoms with van der Waals surface area (Å²) < 4.78 is 5.34. The third kappa shape index (κ3) is 9.92. The highest BCUT2D eigenvalue weighted by molar-refractivity contribution is 4.53. The molecule has 0 amide bonds. The molecule has 4 heteroatoms. The molecular weight excluding hydrogens is 180 g/mol. The second kappa shape index (κ2) is 9.40. The van der Waals surface area contributed by atoms with Crippen LogP contribution in [0.5, 0.6) is 0 Å². The minimum absolute atomic E-state index is 0.219. The zero-order valence-electron chi connectivity index (χ0n) is 9.70. The molecule has 86 valence electrons. The smallest absolute Gasteiger partial charge is 0.0593 e. The maximum absolute atomic E-state index is 8.52. The van der Waals surface area contributed by atoms with Crippen molar-refractivity contribution in [3.05, 3.63) is 0 Å². The Kier molecular flexibility index (Phi) is 9.29. The van der Waals surface area contributed by atoms with Crippen LogP contribution in [0.1, 0.15) is 6.42 Å². The van der Waals surface area contributed by atoms with Crippen LogP contribution >= 0.6 is 0 Å². The quantitative estimate of drug-likeness (QED) is 0.531. The SMILES string of the molecule is CN(C)CCN(C)CCOCCCO. The molecule has 0 bridgehead atoms. The van der Waals surface area contributed by atoms with E-state index in [0.717, 1.165) is 32.7 Å². The summed E-state index contributed by atoms with van der Waals surface area (Å²) in [4.78, 5) is 4.42. The van der Waals surface area contributed by atoms with E-state index in [-0.39, 0.29) is 6.61 Å². The third-order valence-electron chi connectivity index (χ3n) is 1.99. The summed E-state index contributed by atoms with van der Waals surface area (Å²) in [5.74, 6) is 0. The van der Waals surface area contributed by atoms with E-state index in [1.807, 2.05) is 0 Å². The van der Waals surface area contributed by atoms with Gasteiger partial charge in [-0.15, -0.1) is 0 Å². The molecule has 14 heavy (non-hydrogen) atoms. The zero-order valence-corrected chi connectivity index (χ0v) is 9.70. The number of rotatable bonds is 9. The lowest BCUT2D eigenvalue weighted by Gasteiger charge is -2.18. The molecule has 0 spiro atoms. The van der Waals surface area contributed by atoms with E-state index >= 15 is 0 Å². The molecular formula is C10H24N2O2. The van der Waals surface area contributed by atoms with Crippen LogP contribution in [0.25, 0.3) is 0 Å². The van der Waals surface area contributed by atoms with E-state index < -0.39 is 0 Å². The molecule has 0 atom stereocenters. The molecule has 0 aliphatic carbocycles. The first kappa shape index (κ1) is 13.8. The van der Waals surface area contributed by atoms with Gasteiger partial charge in [-0.2, -0.15) is 0 Å². The van der Waals surface area contributed by atoms with Crippen LogP contribution < -0.4 is 0 Å². The molecule has 0 aliphatic heterocycles. The van der Waals surface area contributed by atoms with Crippen molar-refractivity contribution in [1.29, 1.82) is 0 Å². The number of aliphatic hydroxyl groups excluding tert-OH is 1. The average molecular weight is 204 g/mol. The highest BCUT2D eigenvalue weighted by Gasteiger charge is 1.98. The normalized spacial score (nSPS) is 11.6. The van der Waals surface area contributed by atoms with E-state index in [2.05, 4.69) is 30.9 Å². The second-order valence-corrected chi connectivity index (χ2v) is 3.80. The van der Waals surface area contributed by atoms with Crippen LogP contribution in [0.3, 0.4) is 0 Å². The first-order chi connectivity index (χ1) is 6.66. The fourth-order valence-electron chi connectivity index (χ4n) is 0.972. The molecule has 0 aliphatic rings. The van der Waals surface area contributed by atoms with Gasteiger partial charge in [-0.05, 0) is 27.6 Å². The molecule has 0 fully saturated rings. The average Bonchev–Trinajstić information content (AvgIpc) is 2.14. The molecule has 0 unspecified atom stereocenters. The lowest BCUT2D eigenvalue weighted by Crippen LogP contribution is -2.31. The second-order valence-electron chi connectivity index (χ2n) is 3.80. The standard InChI is InChI=1S/C10H24N2O2/c1-11(2)5-6-12(3)7-10-14-9-4-8-13/h13H,4-10H2,1-3H3. The van der Waals surface area contributed by atoms with Crippen molar-refractivity contribution in [2.24, 2.45) is 0 Å². The van der Waals surface area contributed by atoms with Gasteiger partial charge in [0, 0.05) is 32.8 Å². The predicted octanol–water partition coefficient (Wildman–Crippen LogP) is -0.121. The highest BCUT2D eigenvalue weighted by Crippen LogP contribution is 1.86. The number of hydrogen-bond donors (Lipinski definition) is 1. The Morgan fingerprint density at radius 1 is 1.00 bits per heavy atom. The fourth-order valence-corrected chi connectivity index (χ4v) is 0.972. The Balaban J connectivity index is 3.14. The van der Waals surface area contributed by atoms with Gasteiger partial charge in [0.15, 0.2) is 0 Å². The minimum atomic E-state index is 0.219. The number of ether oxygens (including phenoxy) is 1. The molecule has 4 nitrogen and oxygen atoms in total. The third-order valence-corrected chi connectivity index (χ3v) is 1.99. The summed E-state index contributed by atoms with van der Waals surface area (Å²) in [5.41, 5.74) is 0. The Morgan fingerprint density at radius 3 is 2.29 bits per heavy atom. The van der Waals surface area contributed by atoms with Crippen molar-refractivity contribution in [3.8, 4) is 0 Å². The first-order valence-electron chi connectivity index (χ1n) is 5.18.